The summed E-state index contributed by atoms with van der Waals surface area (Å²) < 4.78 is 16.7. The van der Waals surface area contributed by atoms with Gasteiger partial charge in [0.1, 0.15) is 12.4 Å². The summed E-state index contributed by atoms with van der Waals surface area (Å²) in [5.41, 5.74) is 1.87. The Morgan fingerprint density at radius 3 is 2.75 bits per heavy atom. The highest BCUT2D eigenvalue weighted by atomic mass is 16.6. The summed E-state index contributed by atoms with van der Waals surface area (Å²) >= 11 is 0. The molecule has 2 aromatic rings. The molecule has 0 saturated heterocycles. The number of ether oxygens (including phenoxy) is 2. The van der Waals surface area contributed by atoms with Crippen LogP contribution in [0.2, 0.25) is 0 Å². The van der Waals surface area contributed by atoms with E-state index in [1.807, 2.05) is 38.1 Å². The molecule has 0 N–H and O–H groups in total. The zero-order chi connectivity index (χ0) is 17.1. The van der Waals surface area contributed by atoms with Gasteiger partial charge in [-0.1, -0.05) is 17.3 Å². The van der Waals surface area contributed by atoms with Gasteiger partial charge in [0.15, 0.2) is 17.6 Å². The number of hydrogen-bond acceptors (Lipinski definition) is 5. The zero-order valence-electron chi connectivity index (χ0n) is 14.2. The Bertz CT molecular complexity index is 706. The van der Waals surface area contributed by atoms with Crippen LogP contribution >= 0.6 is 0 Å². The minimum absolute atomic E-state index is 0.0671. The average molecular weight is 330 g/mol. The predicted molar refractivity (Wildman–Crippen MR) is 88.3 cm³/mol. The minimum atomic E-state index is -0.159. The molecule has 0 fully saturated rings. The summed E-state index contributed by atoms with van der Waals surface area (Å²) in [6.07, 6.45) is 0.895. The Labute approximate surface area is 141 Å². The van der Waals surface area contributed by atoms with E-state index in [2.05, 4.69) is 5.16 Å². The molecule has 2 heterocycles. The van der Waals surface area contributed by atoms with Crippen LogP contribution in [-0.4, -0.2) is 42.3 Å². The molecule has 6 heteroatoms. The molecule has 1 atom stereocenters. The Morgan fingerprint density at radius 1 is 1.29 bits per heavy atom. The average Bonchev–Trinajstić information content (AvgIpc) is 2.90. The molecule has 0 aliphatic carbocycles. The molecule has 0 bridgehead atoms. The number of likely N-dealkylation sites (N-methyl/N-ethyl adjacent to an activating group) is 1. The maximum absolute atomic E-state index is 12.4. The Morgan fingerprint density at radius 2 is 2.04 bits per heavy atom. The molecular weight excluding hydrogens is 308 g/mol. The van der Waals surface area contributed by atoms with Crippen LogP contribution in [0.15, 0.2) is 28.8 Å². The number of benzene rings is 1. The van der Waals surface area contributed by atoms with Crippen molar-refractivity contribution in [3.63, 3.8) is 0 Å². The number of carbonyl (C=O) groups excluding carboxylic acids is 1. The van der Waals surface area contributed by atoms with Crippen molar-refractivity contribution >= 4 is 5.91 Å². The molecule has 1 unspecified atom stereocenters. The van der Waals surface area contributed by atoms with Gasteiger partial charge in [-0.15, -0.1) is 0 Å². The monoisotopic (exact) mass is 330 g/mol. The summed E-state index contributed by atoms with van der Waals surface area (Å²) in [6.45, 7) is 4.70. The van der Waals surface area contributed by atoms with E-state index in [9.17, 15) is 4.79 Å². The SMILES string of the molecule is Cc1noc(C)c1CCC(=O)N(C)CC1COc2ccccc2O1. The topological polar surface area (TPSA) is 64.8 Å². The summed E-state index contributed by atoms with van der Waals surface area (Å²) in [7, 11) is 1.79. The summed E-state index contributed by atoms with van der Waals surface area (Å²) in [4.78, 5) is 14.1. The van der Waals surface area contributed by atoms with Gasteiger partial charge in [0.2, 0.25) is 5.91 Å². The number of carbonyl (C=O) groups is 1. The number of fused-ring (bicyclic) bond motifs is 1. The van der Waals surface area contributed by atoms with Gasteiger partial charge < -0.3 is 18.9 Å². The highest BCUT2D eigenvalue weighted by Gasteiger charge is 2.23. The predicted octanol–water partition coefficient (Wildman–Crippen LogP) is 2.52. The lowest BCUT2D eigenvalue weighted by atomic mass is 10.1. The van der Waals surface area contributed by atoms with Gasteiger partial charge in [-0.3, -0.25) is 4.79 Å². The van der Waals surface area contributed by atoms with Crippen LogP contribution in [0.5, 0.6) is 11.5 Å². The van der Waals surface area contributed by atoms with Crippen molar-refractivity contribution in [3.05, 3.63) is 41.3 Å². The van der Waals surface area contributed by atoms with Crippen molar-refractivity contribution < 1.29 is 18.8 Å². The minimum Gasteiger partial charge on any atom is -0.486 e. The maximum atomic E-state index is 12.4. The summed E-state index contributed by atoms with van der Waals surface area (Å²) in [6, 6.07) is 7.57. The highest BCUT2D eigenvalue weighted by Crippen LogP contribution is 2.31. The van der Waals surface area contributed by atoms with Gasteiger partial charge in [-0.05, 0) is 32.4 Å². The van der Waals surface area contributed by atoms with Gasteiger partial charge in [-0.2, -0.15) is 0 Å². The lowest BCUT2D eigenvalue weighted by Crippen LogP contribution is -2.41. The van der Waals surface area contributed by atoms with E-state index in [1.165, 1.54) is 0 Å². The van der Waals surface area contributed by atoms with Crippen LogP contribution in [0.4, 0.5) is 0 Å². The van der Waals surface area contributed by atoms with Gasteiger partial charge >= 0.3 is 0 Å². The molecule has 128 valence electrons. The first-order chi connectivity index (χ1) is 11.5. The highest BCUT2D eigenvalue weighted by molar-refractivity contribution is 5.76. The number of amides is 1. The van der Waals surface area contributed by atoms with E-state index < -0.39 is 0 Å². The normalized spacial score (nSPS) is 16.0. The number of aryl methyl sites for hydroxylation is 2. The van der Waals surface area contributed by atoms with Gasteiger partial charge in [-0.25, -0.2) is 0 Å². The van der Waals surface area contributed by atoms with E-state index in [-0.39, 0.29) is 12.0 Å². The lowest BCUT2D eigenvalue weighted by molar-refractivity contribution is -0.131. The molecule has 3 rings (SSSR count). The largest absolute Gasteiger partial charge is 0.486 e. The van der Waals surface area contributed by atoms with Gasteiger partial charge in [0, 0.05) is 19.0 Å². The quantitative estimate of drug-likeness (QED) is 0.843. The van der Waals surface area contributed by atoms with Crippen molar-refractivity contribution in [2.75, 3.05) is 20.2 Å². The molecule has 1 aromatic heterocycles. The molecule has 1 amide bonds. The van der Waals surface area contributed by atoms with E-state index >= 15 is 0 Å². The van der Waals surface area contributed by atoms with E-state index in [1.54, 1.807) is 11.9 Å². The summed E-state index contributed by atoms with van der Waals surface area (Å²) in [5, 5.41) is 3.92. The fourth-order valence-corrected chi connectivity index (χ4v) is 2.84. The number of nitrogens with zero attached hydrogens (tertiary/aromatic N) is 2. The van der Waals surface area contributed by atoms with Crippen LogP contribution in [0, 0.1) is 13.8 Å². The standard InChI is InChI=1S/C18H22N2O4/c1-12-15(13(2)24-19-12)8-9-18(21)20(3)10-14-11-22-16-6-4-5-7-17(16)23-14/h4-7,14H,8-11H2,1-3H3. The molecule has 6 nitrogen and oxygen atoms in total. The van der Waals surface area contributed by atoms with Crippen molar-refractivity contribution in [2.45, 2.75) is 32.8 Å². The second kappa shape index (κ2) is 6.95. The fourth-order valence-electron chi connectivity index (χ4n) is 2.84. The fraction of sp³-hybridized carbons (Fsp3) is 0.444. The van der Waals surface area contributed by atoms with Crippen LogP contribution in [-0.2, 0) is 11.2 Å². The van der Waals surface area contributed by atoms with Crippen molar-refractivity contribution in [1.82, 2.24) is 10.1 Å². The van der Waals surface area contributed by atoms with E-state index in [0.29, 0.717) is 26.0 Å². The molecule has 24 heavy (non-hydrogen) atoms. The Hall–Kier alpha value is -2.50. The number of para-hydroxylation sites is 2. The Kier molecular flexibility index (Phi) is 4.74. The smallest absolute Gasteiger partial charge is 0.222 e. The van der Waals surface area contributed by atoms with Crippen molar-refractivity contribution in [3.8, 4) is 11.5 Å². The number of aromatic nitrogens is 1. The van der Waals surface area contributed by atoms with Crippen LogP contribution in [0.1, 0.15) is 23.4 Å². The molecule has 1 aliphatic rings. The van der Waals surface area contributed by atoms with Gasteiger partial charge in [0.25, 0.3) is 0 Å². The van der Waals surface area contributed by atoms with Crippen LogP contribution < -0.4 is 9.47 Å². The van der Waals surface area contributed by atoms with Crippen LogP contribution in [0.3, 0.4) is 0 Å². The third kappa shape index (κ3) is 3.53. The second-order valence-corrected chi connectivity index (χ2v) is 6.07. The van der Waals surface area contributed by atoms with E-state index in [4.69, 9.17) is 14.0 Å². The van der Waals surface area contributed by atoms with Crippen molar-refractivity contribution in [1.29, 1.82) is 0 Å². The summed E-state index contributed by atoms with van der Waals surface area (Å²) in [5.74, 6) is 2.33. The zero-order valence-corrected chi connectivity index (χ0v) is 14.2. The molecular formula is C18H22N2O4. The molecule has 0 saturated carbocycles. The van der Waals surface area contributed by atoms with Crippen LogP contribution in [0.25, 0.3) is 0 Å². The lowest BCUT2D eigenvalue weighted by Gasteiger charge is -2.29. The van der Waals surface area contributed by atoms with E-state index in [0.717, 1.165) is 28.5 Å². The first-order valence-electron chi connectivity index (χ1n) is 8.09. The van der Waals surface area contributed by atoms with Gasteiger partial charge in [0.05, 0.1) is 12.2 Å². The Balaban J connectivity index is 1.52. The maximum Gasteiger partial charge on any atom is 0.222 e. The first-order valence-corrected chi connectivity index (χ1v) is 8.09. The molecule has 1 aliphatic heterocycles. The number of hydrogen-bond donors (Lipinski definition) is 0. The second-order valence-electron chi connectivity index (χ2n) is 6.07. The third-order valence-electron chi connectivity index (χ3n) is 4.24. The number of rotatable bonds is 5. The van der Waals surface area contributed by atoms with Crippen molar-refractivity contribution in [2.24, 2.45) is 0 Å². The molecule has 0 spiro atoms. The first kappa shape index (κ1) is 16.4. The molecule has 1 aromatic carbocycles. The third-order valence-corrected chi connectivity index (χ3v) is 4.24. The molecule has 0 radical (unpaired) electrons.